The molecule has 0 spiro atoms. The van der Waals surface area contributed by atoms with Gasteiger partial charge in [0, 0.05) is 18.1 Å². The van der Waals surface area contributed by atoms with Gasteiger partial charge in [0.05, 0.1) is 12.0 Å². The van der Waals surface area contributed by atoms with Crippen LogP contribution in [0, 0.1) is 5.92 Å². The molecule has 4 atom stereocenters. The normalized spacial score (nSPS) is 31.9. The first-order valence-corrected chi connectivity index (χ1v) is 9.31. The number of benzene rings is 1. The van der Waals surface area contributed by atoms with Crippen molar-refractivity contribution in [3.63, 3.8) is 0 Å². The van der Waals surface area contributed by atoms with E-state index >= 15 is 0 Å². The Bertz CT molecular complexity index is 558. The number of aliphatic hydroxyl groups is 1. The molecule has 4 unspecified atom stereocenters. The molecule has 0 aromatic heterocycles. The first-order chi connectivity index (χ1) is 11.5. The molecule has 2 fully saturated rings. The molecular formula is C20H30N2O2. The fraction of sp³-hybridized carbons (Fsp3) is 0.650. The summed E-state index contributed by atoms with van der Waals surface area (Å²) in [6, 6.07) is 9.86. The second-order valence-corrected chi connectivity index (χ2v) is 7.79. The summed E-state index contributed by atoms with van der Waals surface area (Å²) >= 11 is 0. The van der Waals surface area contributed by atoms with Crippen molar-refractivity contribution in [3.8, 4) is 0 Å². The van der Waals surface area contributed by atoms with Crippen LogP contribution in [0.2, 0.25) is 0 Å². The lowest BCUT2D eigenvalue weighted by Gasteiger charge is -2.40. The third-order valence-corrected chi connectivity index (χ3v) is 5.89. The number of carbonyl (C=O) groups is 1. The van der Waals surface area contributed by atoms with Gasteiger partial charge in [-0.15, -0.1) is 0 Å². The molecule has 132 valence electrons. The van der Waals surface area contributed by atoms with E-state index in [0.29, 0.717) is 6.42 Å². The van der Waals surface area contributed by atoms with E-state index in [2.05, 4.69) is 0 Å². The lowest BCUT2D eigenvalue weighted by atomic mass is 9.74. The van der Waals surface area contributed by atoms with Crippen LogP contribution in [0.1, 0.15) is 63.5 Å². The highest BCUT2D eigenvalue weighted by Gasteiger charge is 2.42. The monoisotopic (exact) mass is 330 g/mol. The van der Waals surface area contributed by atoms with Crippen LogP contribution in [0.15, 0.2) is 30.3 Å². The van der Waals surface area contributed by atoms with Crippen LogP contribution in [0.3, 0.4) is 0 Å². The van der Waals surface area contributed by atoms with Gasteiger partial charge in [0.15, 0.2) is 0 Å². The van der Waals surface area contributed by atoms with E-state index in [1.165, 1.54) is 0 Å². The highest BCUT2D eigenvalue weighted by atomic mass is 16.3. The second kappa shape index (κ2) is 7.24. The fourth-order valence-corrected chi connectivity index (χ4v) is 4.40. The average Bonchev–Trinajstić information content (AvgIpc) is 3.03. The Labute approximate surface area is 145 Å². The first kappa shape index (κ1) is 17.4. The number of hydrogen-bond donors (Lipinski definition) is 2. The van der Waals surface area contributed by atoms with Gasteiger partial charge >= 0.3 is 0 Å². The second-order valence-electron chi connectivity index (χ2n) is 7.79. The average molecular weight is 330 g/mol. The smallest absolute Gasteiger partial charge is 0.227 e. The molecule has 1 aliphatic carbocycles. The molecule has 0 radical (unpaired) electrons. The highest BCUT2D eigenvalue weighted by Crippen LogP contribution is 2.36. The van der Waals surface area contributed by atoms with Crippen LogP contribution >= 0.6 is 0 Å². The Morgan fingerprint density at radius 3 is 2.75 bits per heavy atom. The largest absolute Gasteiger partial charge is 0.388 e. The third-order valence-electron chi connectivity index (χ3n) is 5.89. The molecule has 4 heteroatoms. The van der Waals surface area contributed by atoms with Gasteiger partial charge in [0.2, 0.25) is 5.91 Å². The summed E-state index contributed by atoms with van der Waals surface area (Å²) in [4.78, 5) is 15.1. The predicted octanol–water partition coefficient (Wildman–Crippen LogP) is 3.01. The molecule has 1 aromatic carbocycles. The Morgan fingerprint density at radius 2 is 2.04 bits per heavy atom. The number of carbonyl (C=O) groups excluding carboxylic acids is 1. The lowest BCUT2D eigenvalue weighted by molar-refractivity contribution is -0.140. The molecule has 0 bridgehead atoms. The van der Waals surface area contributed by atoms with Gasteiger partial charge in [0.25, 0.3) is 0 Å². The predicted molar refractivity (Wildman–Crippen MR) is 95.3 cm³/mol. The fourth-order valence-electron chi connectivity index (χ4n) is 4.40. The van der Waals surface area contributed by atoms with Crippen molar-refractivity contribution in [3.05, 3.63) is 35.9 Å². The Balaban J connectivity index is 1.67. The first-order valence-electron chi connectivity index (χ1n) is 9.31. The zero-order valence-electron chi connectivity index (χ0n) is 14.7. The van der Waals surface area contributed by atoms with Gasteiger partial charge < -0.3 is 15.7 Å². The van der Waals surface area contributed by atoms with Gasteiger partial charge in [-0.3, -0.25) is 4.79 Å². The lowest BCUT2D eigenvalue weighted by Crippen LogP contribution is -2.54. The molecule has 3 N–H and O–H groups in total. The molecule has 1 heterocycles. The maximum atomic E-state index is 13.1. The molecule has 2 aliphatic rings. The number of nitrogens with zero attached hydrogens (tertiary/aromatic N) is 1. The number of rotatable bonds is 4. The quantitative estimate of drug-likeness (QED) is 0.892. The number of aliphatic hydroxyl groups excluding tert-OH is 1. The summed E-state index contributed by atoms with van der Waals surface area (Å²) in [5.41, 5.74) is 6.97. The molecule has 1 amide bonds. The topological polar surface area (TPSA) is 66.6 Å². The SMILES string of the molecule is CC1(N)CCCCC1C(=O)N1CCCC1CC(O)c1ccccc1. The van der Waals surface area contributed by atoms with E-state index in [0.717, 1.165) is 50.6 Å². The number of nitrogens with two attached hydrogens (primary N) is 1. The van der Waals surface area contributed by atoms with E-state index in [1.54, 1.807) is 0 Å². The van der Waals surface area contributed by atoms with Crippen molar-refractivity contribution < 1.29 is 9.90 Å². The van der Waals surface area contributed by atoms with Crippen LogP contribution in [0.5, 0.6) is 0 Å². The molecule has 1 saturated heterocycles. The van der Waals surface area contributed by atoms with Crippen molar-refractivity contribution in [1.29, 1.82) is 0 Å². The van der Waals surface area contributed by atoms with Crippen LogP contribution < -0.4 is 5.73 Å². The van der Waals surface area contributed by atoms with E-state index < -0.39 is 6.10 Å². The summed E-state index contributed by atoms with van der Waals surface area (Å²) in [5.74, 6) is 0.142. The molecule has 3 rings (SSSR count). The van der Waals surface area contributed by atoms with Gasteiger partial charge in [0.1, 0.15) is 0 Å². The molecule has 4 nitrogen and oxygen atoms in total. The minimum Gasteiger partial charge on any atom is -0.388 e. The summed E-state index contributed by atoms with van der Waals surface area (Å²) in [6.45, 7) is 2.83. The molecular weight excluding hydrogens is 300 g/mol. The van der Waals surface area contributed by atoms with Crippen molar-refractivity contribution in [2.24, 2.45) is 11.7 Å². The zero-order valence-corrected chi connectivity index (χ0v) is 14.7. The Hall–Kier alpha value is -1.39. The maximum absolute atomic E-state index is 13.1. The van der Waals surface area contributed by atoms with E-state index in [9.17, 15) is 9.90 Å². The summed E-state index contributed by atoms with van der Waals surface area (Å²) < 4.78 is 0. The third kappa shape index (κ3) is 3.65. The van der Waals surface area contributed by atoms with Crippen molar-refractivity contribution in [2.75, 3.05) is 6.54 Å². The minimum atomic E-state index is -0.514. The van der Waals surface area contributed by atoms with Gasteiger partial charge in [-0.25, -0.2) is 0 Å². The van der Waals surface area contributed by atoms with Crippen molar-refractivity contribution >= 4 is 5.91 Å². The van der Waals surface area contributed by atoms with Crippen LogP contribution in [0.4, 0.5) is 0 Å². The van der Waals surface area contributed by atoms with Gasteiger partial charge in [-0.05, 0) is 44.6 Å². The molecule has 24 heavy (non-hydrogen) atoms. The Kier molecular flexibility index (Phi) is 5.26. The van der Waals surface area contributed by atoms with Crippen LogP contribution in [0.25, 0.3) is 0 Å². The molecule has 1 aromatic rings. The number of amides is 1. The maximum Gasteiger partial charge on any atom is 0.227 e. The molecule has 1 saturated carbocycles. The van der Waals surface area contributed by atoms with E-state index in [-0.39, 0.29) is 23.4 Å². The summed E-state index contributed by atoms with van der Waals surface area (Å²) in [5, 5.41) is 10.5. The van der Waals surface area contributed by atoms with Crippen LogP contribution in [-0.4, -0.2) is 34.0 Å². The Morgan fingerprint density at radius 1 is 1.29 bits per heavy atom. The van der Waals surface area contributed by atoms with Crippen LogP contribution in [-0.2, 0) is 4.79 Å². The van der Waals surface area contributed by atoms with Crippen molar-refractivity contribution in [1.82, 2.24) is 4.90 Å². The minimum absolute atomic E-state index is 0.0688. The standard InChI is InChI=1S/C20H30N2O2/c1-20(21)12-6-5-11-17(20)19(24)22-13-7-10-16(22)14-18(23)15-8-3-2-4-9-15/h2-4,8-9,16-18,23H,5-7,10-14,21H2,1H3. The van der Waals surface area contributed by atoms with E-state index in [4.69, 9.17) is 5.73 Å². The van der Waals surface area contributed by atoms with Gasteiger partial charge in [-0.2, -0.15) is 0 Å². The van der Waals surface area contributed by atoms with Gasteiger partial charge in [-0.1, -0.05) is 43.2 Å². The van der Waals surface area contributed by atoms with Crippen molar-refractivity contribution in [2.45, 2.75) is 69.6 Å². The summed E-state index contributed by atoms with van der Waals surface area (Å²) in [7, 11) is 0. The highest BCUT2D eigenvalue weighted by molar-refractivity contribution is 5.81. The number of likely N-dealkylation sites (tertiary alicyclic amines) is 1. The molecule has 1 aliphatic heterocycles. The van der Waals surface area contributed by atoms with E-state index in [1.807, 2.05) is 42.2 Å². The number of hydrogen-bond acceptors (Lipinski definition) is 3. The summed E-state index contributed by atoms with van der Waals surface area (Å²) in [6.07, 6.45) is 6.13. The zero-order chi connectivity index (χ0) is 17.2.